The van der Waals surface area contributed by atoms with Crippen LogP contribution in [-0.2, 0) is 11.3 Å². The molecule has 1 saturated carbocycles. The van der Waals surface area contributed by atoms with Gasteiger partial charge in [-0.1, -0.05) is 22.9 Å². The number of carbonyl (C=O) groups excluding carboxylic acids is 1. The third kappa shape index (κ3) is 5.09. The van der Waals surface area contributed by atoms with Crippen molar-refractivity contribution in [1.29, 1.82) is 0 Å². The molecule has 8 nitrogen and oxygen atoms in total. The molecule has 2 aliphatic rings. The number of piperidine rings is 1. The van der Waals surface area contributed by atoms with E-state index in [9.17, 15) is 9.90 Å². The topological polar surface area (TPSA) is 105 Å². The number of benzene rings is 1. The van der Waals surface area contributed by atoms with Gasteiger partial charge in [0.15, 0.2) is 0 Å². The van der Waals surface area contributed by atoms with Gasteiger partial charge >= 0.3 is 0 Å². The molecule has 9 heteroatoms. The number of rotatable bonds is 5. The number of anilines is 1. The molecule has 0 unspecified atom stereocenters. The summed E-state index contributed by atoms with van der Waals surface area (Å²) in [5.41, 5.74) is 2.95. The summed E-state index contributed by atoms with van der Waals surface area (Å²) >= 11 is 6.52. The predicted octanol–water partition coefficient (Wildman–Crippen LogP) is 4.03. The maximum Gasteiger partial charge on any atom is 0.229 e. The molecule has 0 spiro atoms. The first-order valence-corrected chi connectivity index (χ1v) is 12.5. The number of nitrogens with zero attached hydrogens (tertiary/aromatic N) is 4. The summed E-state index contributed by atoms with van der Waals surface area (Å²) < 4.78 is 1.96. The second kappa shape index (κ2) is 9.60. The summed E-state index contributed by atoms with van der Waals surface area (Å²) in [5.74, 6) is 0.900. The lowest BCUT2D eigenvalue weighted by molar-refractivity contribution is -0.120. The molecule has 1 aromatic carbocycles. The molecule has 3 heterocycles. The van der Waals surface area contributed by atoms with E-state index in [0.717, 1.165) is 73.8 Å². The number of aromatic nitrogens is 4. The number of halogens is 1. The standard InChI is InChI=1S/C25H31ClN6O2/c1-25(34)8-6-16(7-9-25)15-32-22-11-17(4-5-21(22)30-31-32)19-12-23(28-14-20(19)26)29-24(33)18-3-2-10-27-13-18/h4-5,11-12,14,16,18,27,34H,2-3,6-10,13,15H2,1H3,(H,28,29,33)/t16-,18-,25-/m1/s1. The highest BCUT2D eigenvalue weighted by atomic mass is 35.5. The first-order chi connectivity index (χ1) is 16.4. The van der Waals surface area contributed by atoms with Crippen molar-refractivity contribution in [2.45, 2.75) is 57.6 Å². The van der Waals surface area contributed by atoms with Gasteiger partial charge in [0, 0.05) is 24.8 Å². The molecule has 0 bridgehead atoms. The summed E-state index contributed by atoms with van der Waals surface area (Å²) in [6, 6.07) is 7.79. The van der Waals surface area contributed by atoms with Crippen LogP contribution in [0.25, 0.3) is 22.2 Å². The maximum atomic E-state index is 12.7. The third-order valence-corrected chi connectivity index (χ3v) is 7.51. The van der Waals surface area contributed by atoms with Gasteiger partial charge in [-0.3, -0.25) is 4.79 Å². The molecule has 1 amide bonds. The Kier molecular flexibility index (Phi) is 6.55. The molecule has 2 aromatic heterocycles. The van der Waals surface area contributed by atoms with Crippen molar-refractivity contribution in [3.63, 3.8) is 0 Å². The lowest BCUT2D eigenvalue weighted by atomic mass is 9.80. The smallest absolute Gasteiger partial charge is 0.229 e. The fourth-order valence-electron chi connectivity index (χ4n) is 5.03. The quantitative estimate of drug-likeness (QED) is 0.507. The Labute approximate surface area is 204 Å². The minimum Gasteiger partial charge on any atom is -0.390 e. The van der Waals surface area contributed by atoms with E-state index in [1.807, 2.05) is 35.9 Å². The van der Waals surface area contributed by atoms with Crippen molar-refractivity contribution in [2.75, 3.05) is 18.4 Å². The van der Waals surface area contributed by atoms with Crippen LogP contribution in [0, 0.1) is 11.8 Å². The second-order valence-corrected chi connectivity index (χ2v) is 10.4. The van der Waals surface area contributed by atoms with Crippen molar-refractivity contribution in [3.05, 3.63) is 35.5 Å². The second-order valence-electron chi connectivity index (χ2n) is 10.00. The van der Waals surface area contributed by atoms with Crippen molar-refractivity contribution < 1.29 is 9.90 Å². The highest BCUT2D eigenvalue weighted by Crippen LogP contribution is 2.34. The van der Waals surface area contributed by atoms with Crippen LogP contribution in [0.4, 0.5) is 5.82 Å². The Morgan fingerprint density at radius 2 is 2.12 bits per heavy atom. The van der Waals surface area contributed by atoms with E-state index < -0.39 is 5.60 Å². The van der Waals surface area contributed by atoms with Gasteiger partial charge < -0.3 is 15.7 Å². The molecular weight excluding hydrogens is 452 g/mol. The van der Waals surface area contributed by atoms with Crippen LogP contribution in [0.1, 0.15) is 45.4 Å². The molecule has 0 radical (unpaired) electrons. The highest BCUT2D eigenvalue weighted by Gasteiger charge is 2.29. The van der Waals surface area contributed by atoms with Gasteiger partial charge in [-0.25, -0.2) is 9.67 Å². The number of fused-ring (bicyclic) bond motifs is 1. The van der Waals surface area contributed by atoms with Gasteiger partial charge in [-0.05, 0) is 81.7 Å². The predicted molar refractivity (Wildman–Crippen MR) is 133 cm³/mol. The lowest BCUT2D eigenvalue weighted by Crippen LogP contribution is -2.37. The average Bonchev–Trinajstić information content (AvgIpc) is 3.24. The Morgan fingerprint density at radius 3 is 2.88 bits per heavy atom. The number of nitrogens with one attached hydrogen (secondary N) is 2. The monoisotopic (exact) mass is 482 g/mol. The zero-order valence-electron chi connectivity index (χ0n) is 19.4. The molecule has 1 atom stereocenters. The normalized spacial score (nSPS) is 25.4. The molecule has 1 aliphatic carbocycles. The summed E-state index contributed by atoms with van der Waals surface area (Å²) in [4.78, 5) is 17.0. The SMILES string of the molecule is C[C@]1(O)CC[C@H](Cn2nnc3ccc(-c4cc(NC(=O)[C@@H]5CCCNC5)ncc4Cl)cc32)CC1. The zero-order chi connectivity index (χ0) is 23.7. The molecule has 34 heavy (non-hydrogen) atoms. The summed E-state index contributed by atoms with van der Waals surface area (Å²) in [5, 5.41) is 25.7. The van der Waals surface area contributed by atoms with Crippen LogP contribution in [-0.4, -0.2) is 49.7 Å². The van der Waals surface area contributed by atoms with Gasteiger partial charge in [0.2, 0.25) is 5.91 Å². The van der Waals surface area contributed by atoms with Gasteiger partial charge in [0.25, 0.3) is 0 Å². The average molecular weight is 483 g/mol. The van der Waals surface area contributed by atoms with Crippen LogP contribution in [0.15, 0.2) is 30.5 Å². The Bertz CT molecular complexity index is 1180. The van der Waals surface area contributed by atoms with Gasteiger partial charge in [0.05, 0.1) is 22.1 Å². The maximum absolute atomic E-state index is 12.7. The summed E-state index contributed by atoms with van der Waals surface area (Å²) in [7, 11) is 0. The number of hydrogen-bond donors (Lipinski definition) is 3. The number of amides is 1. The zero-order valence-corrected chi connectivity index (χ0v) is 20.2. The van der Waals surface area contributed by atoms with E-state index in [1.54, 1.807) is 6.20 Å². The summed E-state index contributed by atoms with van der Waals surface area (Å²) in [6.07, 6.45) is 7.04. The van der Waals surface area contributed by atoms with E-state index in [1.165, 1.54) is 0 Å². The minimum absolute atomic E-state index is 0.0165. The fourth-order valence-corrected chi connectivity index (χ4v) is 5.24. The summed E-state index contributed by atoms with van der Waals surface area (Å²) in [6.45, 7) is 4.35. The van der Waals surface area contributed by atoms with Crippen molar-refractivity contribution >= 4 is 34.4 Å². The van der Waals surface area contributed by atoms with E-state index in [-0.39, 0.29) is 11.8 Å². The van der Waals surface area contributed by atoms with Gasteiger partial charge in [-0.15, -0.1) is 5.10 Å². The van der Waals surface area contributed by atoms with Crippen LogP contribution in [0.2, 0.25) is 5.02 Å². The molecule has 3 aromatic rings. The third-order valence-electron chi connectivity index (χ3n) is 7.21. The number of hydrogen-bond acceptors (Lipinski definition) is 6. The van der Waals surface area contributed by atoms with Crippen molar-refractivity contribution in [2.24, 2.45) is 11.8 Å². The largest absolute Gasteiger partial charge is 0.390 e. The molecule has 2 fully saturated rings. The first kappa shape index (κ1) is 23.2. The Hall–Kier alpha value is -2.55. The number of aliphatic hydroxyl groups is 1. The number of carbonyl (C=O) groups is 1. The minimum atomic E-state index is -0.549. The first-order valence-electron chi connectivity index (χ1n) is 12.1. The van der Waals surface area contributed by atoms with E-state index in [2.05, 4.69) is 25.9 Å². The van der Waals surface area contributed by atoms with E-state index in [4.69, 9.17) is 11.6 Å². The lowest BCUT2D eigenvalue weighted by Gasteiger charge is -2.32. The Balaban J connectivity index is 1.37. The van der Waals surface area contributed by atoms with Crippen LogP contribution < -0.4 is 10.6 Å². The van der Waals surface area contributed by atoms with Crippen molar-refractivity contribution in [1.82, 2.24) is 25.3 Å². The van der Waals surface area contributed by atoms with Gasteiger partial charge in [-0.2, -0.15) is 0 Å². The number of pyridine rings is 1. The Morgan fingerprint density at radius 1 is 1.29 bits per heavy atom. The highest BCUT2D eigenvalue weighted by molar-refractivity contribution is 6.33. The van der Waals surface area contributed by atoms with Crippen LogP contribution in [0.5, 0.6) is 0 Å². The van der Waals surface area contributed by atoms with Crippen LogP contribution >= 0.6 is 11.6 Å². The molecule has 180 valence electrons. The fraction of sp³-hybridized carbons (Fsp3) is 0.520. The van der Waals surface area contributed by atoms with E-state index in [0.29, 0.717) is 23.3 Å². The molecule has 1 saturated heterocycles. The van der Waals surface area contributed by atoms with Gasteiger partial charge in [0.1, 0.15) is 11.3 Å². The molecular formula is C25H31ClN6O2. The van der Waals surface area contributed by atoms with Crippen molar-refractivity contribution in [3.8, 4) is 11.1 Å². The van der Waals surface area contributed by atoms with Crippen LogP contribution in [0.3, 0.4) is 0 Å². The van der Waals surface area contributed by atoms with E-state index >= 15 is 0 Å². The molecule has 3 N–H and O–H groups in total. The molecule has 1 aliphatic heterocycles. The molecule has 5 rings (SSSR count).